The Kier molecular flexibility index (Phi) is 6.73. The zero-order valence-electron chi connectivity index (χ0n) is 17.1. The molecule has 9 heteroatoms. The lowest BCUT2D eigenvalue weighted by molar-refractivity contribution is -0.130. The number of hydrogen-bond acceptors (Lipinski definition) is 6. The average molecular weight is 440 g/mol. The Morgan fingerprint density at radius 2 is 1.94 bits per heavy atom. The lowest BCUT2D eigenvalue weighted by atomic mass is 10.1. The Bertz CT molecular complexity index is 999. The van der Waals surface area contributed by atoms with E-state index in [4.69, 9.17) is 0 Å². The van der Waals surface area contributed by atoms with Gasteiger partial charge in [-0.1, -0.05) is 35.5 Å². The SMILES string of the molecule is O=C(Cn1cc(C(=O)N(Cc2ccccc2)CC(O)c2ccsc2)nn1)N1CCCC1. The third-order valence-electron chi connectivity index (χ3n) is 5.34. The van der Waals surface area contributed by atoms with Crippen LogP contribution in [0, 0.1) is 0 Å². The Labute approximate surface area is 184 Å². The molecule has 1 fully saturated rings. The Morgan fingerprint density at radius 3 is 2.65 bits per heavy atom. The van der Waals surface area contributed by atoms with Crippen molar-refractivity contribution in [3.05, 3.63) is 70.2 Å². The molecule has 1 unspecified atom stereocenters. The van der Waals surface area contributed by atoms with Crippen LogP contribution in [0.15, 0.2) is 53.4 Å². The Hall–Kier alpha value is -3.04. The van der Waals surface area contributed by atoms with Crippen LogP contribution in [0.4, 0.5) is 0 Å². The van der Waals surface area contributed by atoms with Crippen molar-refractivity contribution >= 4 is 23.2 Å². The number of nitrogens with zero attached hydrogens (tertiary/aromatic N) is 5. The average Bonchev–Trinajstić information content (AvgIpc) is 3.56. The van der Waals surface area contributed by atoms with Crippen LogP contribution in [0.1, 0.15) is 40.6 Å². The van der Waals surface area contributed by atoms with Crippen LogP contribution < -0.4 is 0 Å². The summed E-state index contributed by atoms with van der Waals surface area (Å²) < 4.78 is 1.41. The van der Waals surface area contributed by atoms with Crippen molar-refractivity contribution in [1.29, 1.82) is 0 Å². The molecule has 0 saturated carbocycles. The maximum atomic E-state index is 13.2. The molecule has 0 radical (unpaired) electrons. The highest BCUT2D eigenvalue weighted by atomic mass is 32.1. The highest BCUT2D eigenvalue weighted by molar-refractivity contribution is 7.07. The van der Waals surface area contributed by atoms with Crippen LogP contribution in [0.3, 0.4) is 0 Å². The van der Waals surface area contributed by atoms with Crippen molar-refractivity contribution < 1.29 is 14.7 Å². The van der Waals surface area contributed by atoms with Crippen LogP contribution in [-0.4, -0.2) is 61.3 Å². The number of benzene rings is 1. The van der Waals surface area contributed by atoms with E-state index in [2.05, 4.69) is 10.3 Å². The molecule has 3 aromatic rings. The second kappa shape index (κ2) is 9.84. The Morgan fingerprint density at radius 1 is 1.16 bits per heavy atom. The molecule has 1 atom stereocenters. The third-order valence-corrected chi connectivity index (χ3v) is 6.04. The maximum absolute atomic E-state index is 13.2. The monoisotopic (exact) mass is 439 g/mol. The van der Waals surface area contributed by atoms with E-state index >= 15 is 0 Å². The number of aliphatic hydroxyl groups excluding tert-OH is 1. The highest BCUT2D eigenvalue weighted by Crippen LogP contribution is 2.20. The van der Waals surface area contributed by atoms with E-state index in [0.717, 1.165) is 37.1 Å². The summed E-state index contributed by atoms with van der Waals surface area (Å²) in [6, 6.07) is 11.5. The van der Waals surface area contributed by atoms with Crippen molar-refractivity contribution in [2.75, 3.05) is 19.6 Å². The van der Waals surface area contributed by atoms with Crippen molar-refractivity contribution in [1.82, 2.24) is 24.8 Å². The largest absolute Gasteiger partial charge is 0.387 e. The molecule has 2 amide bonds. The minimum atomic E-state index is -0.800. The van der Waals surface area contributed by atoms with E-state index in [9.17, 15) is 14.7 Å². The van der Waals surface area contributed by atoms with Gasteiger partial charge in [0, 0.05) is 19.6 Å². The predicted molar refractivity (Wildman–Crippen MR) is 116 cm³/mol. The standard InChI is InChI=1S/C22H25N5O3S/c28-20(18-8-11-31-16-18)14-26(12-17-6-2-1-3-7-17)22(30)19-13-27(24-23-19)15-21(29)25-9-4-5-10-25/h1-3,6-8,11,13,16,20,28H,4-5,9-10,12,14-15H2. The fourth-order valence-corrected chi connectivity index (χ4v) is 4.35. The predicted octanol–water partition coefficient (Wildman–Crippen LogP) is 2.34. The molecule has 162 valence electrons. The summed E-state index contributed by atoms with van der Waals surface area (Å²) in [4.78, 5) is 28.9. The van der Waals surface area contributed by atoms with E-state index in [1.54, 1.807) is 4.90 Å². The van der Waals surface area contributed by atoms with E-state index < -0.39 is 6.10 Å². The first-order valence-corrected chi connectivity index (χ1v) is 11.3. The van der Waals surface area contributed by atoms with Crippen LogP contribution in [0.25, 0.3) is 0 Å². The first-order valence-electron chi connectivity index (χ1n) is 10.3. The molecular formula is C22H25N5O3S. The van der Waals surface area contributed by atoms with Gasteiger partial charge in [0.15, 0.2) is 5.69 Å². The molecule has 0 bridgehead atoms. The van der Waals surface area contributed by atoms with E-state index in [1.807, 2.05) is 52.1 Å². The van der Waals surface area contributed by atoms with Gasteiger partial charge in [0.2, 0.25) is 5.91 Å². The van der Waals surface area contributed by atoms with Gasteiger partial charge < -0.3 is 14.9 Å². The normalized spacial score (nSPS) is 14.5. The summed E-state index contributed by atoms with van der Waals surface area (Å²) in [6.45, 7) is 2.07. The number of amides is 2. The van der Waals surface area contributed by atoms with Crippen molar-refractivity contribution in [2.45, 2.75) is 32.0 Å². The molecule has 1 N–H and O–H groups in total. The van der Waals surface area contributed by atoms with Gasteiger partial charge in [-0.05, 0) is 40.8 Å². The molecule has 3 heterocycles. The van der Waals surface area contributed by atoms with E-state index in [0.29, 0.717) is 6.54 Å². The number of aromatic nitrogens is 3. The zero-order valence-corrected chi connectivity index (χ0v) is 17.9. The number of likely N-dealkylation sites (tertiary alicyclic amines) is 1. The summed E-state index contributed by atoms with van der Waals surface area (Å²) in [5, 5.41) is 22.4. The van der Waals surface area contributed by atoms with Gasteiger partial charge >= 0.3 is 0 Å². The second-order valence-electron chi connectivity index (χ2n) is 7.63. The van der Waals surface area contributed by atoms with Gasteiger partial charge in [0.25, 0.3) is 5.91 Å². The maximum Gasteiger partial charge on any atom is 0.276 e. The summed E-state index contributed by atoms with van der Waals surface area (Å²) >= 11 is 1.50. The van der Waals surface area contributed by atoms with Crippen molar-refractivity contribution in [2.24, 2.45) is 0 Å². The molecule has 1 saturated heterocycles. The van der Waals surface area contributed by atoms with Gasteiger partial charge in [-0.25, -0.2) is 4.68 Å². The summed E-state index contributed by atoms with van der Waals surface area (Å²) in [6.07, 6.45) is 2.75. The minimum Gasteiger partial charge on any atom is -0.387 e. The zero-order chi connectivity index (χ0) is 21.6. The van der Waals surface area contributed by atoms with Crippen LogP contribution in [-0.2, 0) is 17.9 Å². The Balaban J connectivity index is 1.48. The van der Waals surface area contributed by atoms with E-state index in [-0.39, 0.29) is 30.6 Å². The van der Waals surface area contributed by atoms with Gasteiger partial charge in [-0.3, -0.25) is 9.59 Å². The number of carbonyl (C=O) groups excluding carboxylic acids is 2. The quantitative estimate of drug-likeness (QED) is 0.582. The van der Waals surface area contributed by atoms with Gasteiger partial charge in [-0.2, -0.15) is 11.3 Å². The van der Waals surface area contributed by atoms with Crippen LogP contribution in [0.5, 0.6) is 0 Å². The van der Waals surface area contributed by atoms with Gasteiger partial charge in [0.1, 0.15) is 6.54 Å². The van der Waals surface area contributed by atoms with Gasteiger partial charge in [-0.15, -0.1) is 5.10 Å². The minimum absolute atomic E-state index is 0.0181. The summed E-state index contributed by atoms with van der Waals surface area (Å²) in [5.41, 5.74) is 1.88. The fourth-order valence-electron chi connectivity index (χ4n) is 3.64. The summed E-state index contributed by atoms with van der Waals surface area (Å²) in [5.74, 6) is -0.353. The second-order valence-corrected chi connectivity index (χ2v) is 8.41. The van der Waals surface area contributed by atoms with Gasteiger partial charge in [0.05, 0.1) is 18.8 Å². The molecule has 2 aromatic heterocycles. The number of hydrogen-bond donors (Lipinski definition) is 1. The van der Waals surface area contributed by atoms with Crippen LogP contribution >= 0.6 is 11.3 Å². The molecule has 1 aliphatic heterocycles. The number of aliphatic hydroxyl groups is 1. The smallest absolute Gasteiger partial charge is 0.276 e. The highest BCUT2D eigenvalue weighted by Gasteiger charge is 2.24. The first kappa shape index (κ1) is 21.2. The molecule has 0 spiro atoms. The van der Waals surface area contributed by atoms with Crippen LogP contribution in [0.2, 0.25) is 0 Å². The fraction of sp³-hybridized carbons (Fsp3) is 0.364. The molecule has 4 rings (SSSR count). The molecule has 1 aliphatic rings. The van der Waals surface area contributed by atoms with Crippen molar-refractivity contribution in [3.8, 4) is 0 Å². The number of carbonyl (C=O) groups is 2. The van der Waals surface area contributed by atoms with E-state index in [1.165, 1.54) is 22.2 Å². The third kappa shape index (κ3) is 5.36. The van der Waals surface area contributed by atoms with Crippen molar-refractivity contribution in [3.63, 3.8) is 0 Å². The number of thiophene rings is 1. The molecule has 1 aromatic carbocycles. The lowest BCUT2D eigenvalue weighted by Gasteiger charge is -2.24. The first-order chi connectivity index (χ1) is 15.1. The summed E-state index contributed by atoms with van der Waals surface area (Å²) in [7, 11) is 0. The topological polar surface area (TPSA) is 91.6 Å². The molecule has 8 nitrogen and oxygen atoms in total. The lowest BCUT2D eigenvalue weighted by Crippen LogP contribution is -2.34. The molecular weight excluding hydrogens is 414 g/mol. The molecule has 31 heavy (non-hydrogen) atoms. The molecule has 0 aliphatic carbocycles. The number of rotatable bonds is 8.